The first-order valence-corrected chi connectivity index (χ1v) is 17.7. The van der Waals surface area contributed by atoms with Gasteiger partial charge in [-0.2, -0.15) is 0 Å². The van der Waals surface area contributed by atoms with Crippen LogP contribution in [0, 0.1) is 0 Å². The predicted molar refractivity (Wildman–Crippen MR) is 212 cm³/mol. The Labute approximate surface area is 302 Å². The Morgan fingerprint density at radius 2 is 0.865 bits per heavy atom. The molecule has 1 aliphatic carbocycles. The van der Waals surface area contributed by atoms with Crippen LogP contribution in [-0.2, 0) is 5.41 Å². The van der Waals surface area contributed by atoms with E-state index in [-0.39, 0.29) is 5.41 Å². The van der Waals surface area contributed by atoms with Gasteiger partial charge < -0.3 is 4.42 Å². The third-order valence-corrected chi connectivity index (χ3v) is 10.6. The monoisotopic (exact) mass is 667 g/mol. The van der Waals surface area contributed by atoms with Gasteiger partial charge in [0.2, 0.25) is 0 Å². The van der Waals surface area contributed by atoms with Crippen molar-refractivity contribution in [1.82, 2.24) is 15.0 Å². The lowest BCUT2D eigenvalue weighted by atomic mass is 9.82. The second-order valence-corrected chi connectivity index (χ2v) is 14.0. The van der Waals surface area contributed by atoms with Crippen LogP contribution in [0.3, 0.4) is 0 Å². The largest absolute Gasteiger partial charge is 0.455 e. The summed E-state index contributed by atoms with van der Waals surface area (Å²) in [5.41, 5.74) is 14.4. The Morgan fingerprint density at radius 1 is 0.385 bits per heavy atom. The van der Waals surface area contributed by atoms with Crippen LogP contribution in [0.2, 0.25) is 0 Å². The number of benzene rings is 7. The van der Waals surface area contributed by atoms with Gasteiger partial charge in [-0.3, -0.25) is 0 Å². The number of rotatable bonds is 5. The van der Waals surface area contributed by atoms with Crippen LogP contribution in [0.25, 0.3) is 89.5 Å². The number of aromatic nitrogens is 3. The summed E-state index contributed by atoms with van der Waals surface area (Å²) in [4.78, 5) is 15.0. The van der Waals surface area contributed by atoms with Gasteiger partial charge in [-0.15, -0.1) is 0 Å². The van der Waals surface area contributed by atoms with E-state index < -0.39 is 0 Å². The fraction of sp³-hybridized carbons (Fsp3) is 0.0625. The van der Waals surface area contributed by atoms with Gasteiger partial charge in [-0.05, 0) is 45.0 Å². The van der Waals surface area contributed by atoms with Gasteiger partial charge in [0.05, 0.1) is 0 Å². The van der Waals surface area contributed by atoms with E-state index in [1.54, 1.807) is 0 Å². The molecule has 246 valence electrons. The van der Waals surface area contributed by atoms with E-state index in [2.05, 4.69) is 129 Å². The van der Waals surface area contributed by atoms with Crippen molar-refractivity contribution in [2.24, 2.45) is 0 Å². The Hall–Kier alpha value is -6.65. The minimum absolute atomic E-state index is 0.0457. The first-order valence-electron chi connectivity index (χ1n) is 17.7. The first kappa shape index (κ1) is 30.2. The zero-order chi connectivity index (χ0) is 34.8. The molecule has 52 heavy (non-hydrogen) atoms. The van der Waals surface area contributed by atoms with E-state index in [0.717, 1.165) is 49.8 Å². The number of nitrogens with zero attached hydrogens (tertiary/aromatic N) is 3. The van der Waals surface area contributed by atoms with Crippen molar-refractivity contribution >= 4 is 21.9 Å². The number of furan rings is 1. The van der Waals surface area contributed by atoms with Crippen molar-refractivity contribution < 1.29 is 4.42 Å². The van der Waals surface area contributed by atoms with Crippen molar-refractivity contribution in [3.63, 3.8) is 0 Å². The molecule has 0 radical (unpaired) electrons. The van der Waals surface area contributed by atoms with Gasteiger partial charge in [-0.25, -0.2) is 15.0 Å². The molecule has 0 N–H and O–H groups in total. The highest BCUT2D eigenvalue weighted by molar-refractivity contribution is 6.09. The second-order valence-electron chi connectivity index (χ2n) is 14.0. The van der Waals surface area contributed by atoms with Crippen LogP contribution in [0.4, 0.5) is 0 Å². The molecule has 0 saturated heterocycles. The normalized spacial score (nSPS) is 13.0. The topological polar surface area (TPSA) is 51.8 Å². The van der Waals surface area contributed by atoms with E-state index in [9.17, 15) is 0 Å². The molecular formula is C48H33N3O. The Bertz CT molecular complexity index is 2800. The molecule has 0 fully saturated rings. The molecule has 0 spiro atoms. The van der Waals surface area contributed by atoms with Crippen molar-refractivity contribution in [1.29, 1.82) is 0 Å². The highest BCUT2D eigenvalue weighted by Gasteiger charge is 2.36. The van der Waals surface area contributed by atoms with Crippen molar-refractivity contribution in [2.75, 3.05) is 0 Å². The number of hydrogen-bond donors (Lipinski definition) is 0. The van der Waals surface area contributed by atoms with Crippen LogP contribution < -0.4 is 0 Å². The zero-order valence-corrected chi connectivity index (χ0v) is 28.8. The predicted octanol–water partition coefficient (Wildman–Crippen LogP) is 12.4. The highest BCUT2D eigenvalue weighted by atomic mass is 16.3. The molecule has 7 aromatic carbocycles. The highest BCUT2D eigenvalue weighted by Crippen LogP contribution is 2.52. The number of hydrogen-bond acceptors (Lipinski definition) is 4. The van der Waals surface area contributed by atoms with Crippen LogP contribution in [0.15, 0.2) is 168 Å². The van der Waals surface area contributed by atoms with Gasteiger partial charge in [0.15, 0.2) is 17.5 Å². The summed E-state index contributed by atoms with van der Waals surface area (Å²) in [5.74, 6) is 1.90. The van der Waals surface area contributed by atoms with E-state index in [1.807, 2.05) is 48.5 Å². The molecule has 2 heterocycles. The lowest BCUT2D eigenvalue weighted by Gasteiger charge is -2.21. The van der Waals surface area contributed by atoms with Gasteiger partial charge in [-0.1, -0.05) is 172 Å². The van der Waals surface area contributed by atoms with E-state index >= 15 is 0 Å². The molecule has 10 rings (SSSR count). The number of para-hydroxylation sites is 2. The Morgan fingerprint density at radius 3 is 1.58 bits per heavy atom. The minimum atomic E-state index is -0.0457. The summed E-state index contributed by atoms with van der Waals surface area (Å²) < 4.78 is 6.33. The van der Waals surface area contributed by atoms with Gasteiger partial charge >= 0.3 is 0 Å². The third-order valence-electron chi connectivity index (χ3n) is 10.6. The molecule has 0 amide bonds. The number of fused-ring (bicyclic) bond motifs is 6. The SMILES string of the molecule is CC1(C)c2ccccc2-c2c(-c3ccc(-c4nc(-c5ccccc5)nc(-c5ccc(-c6cccc7c6oc6ccccc67)cc5)n4)cc3)cccc21. The summed E-state index contributed by atoms with van der Waals surface area (Å²) in [6, 6.07) is 57.2. The van der Waals surface area contributed by atoms with Crippen LogP contribution in [0.1, 0.15) is 25.0 Å². The molecule has 4 nitrogen and oxygen atoms in total. The Balaban J connectivity index is 1.04. The maximum absolute atomic E-state index is 6.33. The average molecular weight is 668 g/mol. The maximum Gasteiger partial charge on any atom is 0.164 e. The first-order chi connectivity index (χ1) is 25.5. The molecule has 4 heteroatoms. The molecule has 0 atom stereocenters. The molecule has 0 bridgehead atoms. The van der Waals surface area contributed by atoms with E-state index in [0.29, 0.717) is 17.5 Å². The van der Waals surface area contributed by atoms with Crippen LogP contribution in [0.5, 0.6) is 0 Å². The summed E-state index contributed by atoms with van der Waals surface area (Å²) in [5, 5.41) is 2.24. The Kier molecular flexibility index (Phi) is 6.80. The molecule has 9 aromatic rings. The fourth-order valence-electron chi connectivity index (χ4n) is 7.92. The summed E-state index contributed by atoms with van der Waals surface area (Å²) in [6.07, 6.45) is 0. The third kappa shape index (κ3) is 4.79. The molecule has 0 aliphatic heterocycles. The quantitative estimate of drug-likeness (QED) is 0.183. The molecule has 0 saturated carbocycles. The smallest absolute Gasteiger partial charge is 0.164 e. The van der Waals surface area contributed by atoms with Gasteiger partial charge in [0.25, 0.3) is 0 Å². The fourth-order valence-corrected chi connectivity index (χ4v) is 7.92. The average Bonchev–Trinajstić information content (AvgIpc) is 3.70. The van der Waals surface area contributed by atoms with Crippen LogP contribution in [-0.4, -0.2) is 15.0 Å². The van der Waals surface area contributed by atoms with E-state index in [4.69, 9.17) is 19.4 Å². The lowest BCUT2D eigenvalue weighted by molar-refractivity contribution is 0.660. The van der Waals surface area contributed by atoms with Crippen molar-refractivity contribution in [2.45, 2.75) is 19.3 Å². The second kappa shape index (κ2) is 11.7. The van der Waals surface area contributed by atoms with Crippen molar-refractivity contribution in [3.8, 4) is 67.5 Å². The molecule has 0 unspecified atom stereocenters. The van der Waals surface area contributed by atoms with Gasteiger partial charge in [0.1, 0.15) is 11.2 Å². The summed E-state index contributed by atoms with van der Waals surface area (Å²) in [7, 11) is 0. The molecular weight excluding hydrogens is 635 g/mol. The molecule has 2 aromatic heterocycles. The molecule has 1 aliphatic rings. The zero-order valence-electron chi connectivity index (χ0n) is 28.8. The van der Waals surface area contributed by atoms with E-state index in [1.165, 1.54) is 33.4 Å². The van der Waals surface area contributed by atoms with Crippen LogP contribution >= 0.6 is 0 Å². The summed E-state index contributed by atoms with van der Waals surface area (Å²) in [6.45, 7) is 4.64. The summed E-state index contributed by atoms with van der Waals surface area (Å²) >= 11 is 0. The standard InChI is InChI=1S/C48H33N3O/c1-48(2)40-19-8-6-15-39(40)43-35(16-11-20-41(43)48)30-22-26-33(27-23-30)46-49-45(32-12-4-3-5-13-32)50-47(51-46)34-28-24-31(25-29-34)36-17-10-18-38-37-14-7-9-21-42(37)52-44(36)38/h3-29H,1-2H3. The lowest BCUT2D eigenvalue weighted by Crippen LogP contribution is -2.14. The van der Waals surface area contributed by atoms with Crippen molar-refractivity contribution in [3.05, 3.63) is 175 Å². The maximum atomic E-state index is 6.33. The minimum Gasteiger partial charge on any atom is -0.455 e. The van der Waals surface area contributed by atoms with Gasteiger partial charge in [0, 0.05) is 38.4 Å².